The van der Waals surface area contributed by atoms with Crippen LogP contribution >= 0.6 is 0 Å². The highest BCUT2D eigenvalue weighted by Crippen LogP contribution is 2.32. The molecule has 0 radical (unpaired) electrons. The van der Waals surface area contributed by atoms with Crippen molar-refractivity contribution in [2.24, 2.45) is 5.84 Å². The number of rotatable bonds is 3. The molecule has 2 rings (SSSR count). The average molecular weight is 289 g/mol. The van der Waals surface area contributed by atoms with Crippen molar-refractivity contribution < 1.29 is 13.2 Å². The van der Waals surface area contributed by atoms with E-state index >= 15 is 0 Å². The molecule has 8 heteroatoms. The predicted octanol–water partition coefficient (Wildman–Crippen LogP) is 2.55. The minimum absolute atomic E-state index is 0.213. The first-order valence-electron chi connectivity index (χ1n) is 6.57. The predicted molar refractivity (Wildman–Crippen MR) is 70.1 cm³/mol. The fourth-order valence-electron chi connectivity index (χ4n) is 2.48. The number of hydrogen-bond acceptors (Lipinski definition) is 5. The van der Waals surface area contributed by atoms with Gasteiger partial charge in [-0.15, -0.1) is 0 Å². The molecule has 1 fully saturated rings. The van der Waals surface area contributed by atoms with Crippen LogP contribution < -0.4 is 16.2 Å². The van der Waals surface area contributed by atoms with Crippen molar-refractivity contribution >= 4 is 11.8 Å². The number of anilines is 2. The molecule has 1 aromatic heterocycles. The molecule has 1 saturated carbocycles. The van der Waals surface area contributed by atoms with Gasteiger partial charge in [0.2, 0.25) is 5.95 Å². The Labute approximate surface area is 115 Å². The molecule has 3 N–H and O–H groups in total. The Morgan fingerprint density at radius 3 is 2.45 bits per heavy atom. The van der Waals surface area contributed by atoms with Gasteiger partial charge in [0.05, 0.1) is 0 Å². The van der Waals surface area contributed by atoms with E-state index in [-0.39, 0.29) is 17.8 Å². The van der Waals surface area contributed by atoms with E-state index in [0.29, 0.717) is 0 Å². The van der Waals surface area contributed by atoms with Crippen LogP contribution in [0.3, 0.4) is 0 Å². The fourth-order valence-corrected chi connectivity index (χ4v) is 2.48. The zero-order valence-corrected chi connectivity index (χ0v) is 11.2. The number of hydrazine groups is 1. The van der Waals surface area contributed by atoms with Gasteiger partial charge in [-0.3, -0.25) is 5.43 Å². The molecular formula is C12H18F3N5. The SMILES string of the molecule is CN(c1cc(C(F)(F)F)nc(NN)n1)C1CCCCC1. The van der Waals surface area contributed by atoms with Gasteiger partial charge in [0.25, 0.3) is 0 Å². The van der Waals surface area contributed by atoms with Crippen molar-refractivity contribution in [2.45, 2.75) is 44.3 Å². The lowest BCUT2D eigenvalue weighted by Gasteiger charge is -2.32. The van der Waals surface area contributed by atoms with E-state index in [4.69, 9.17) is 5.84 Å². The summed E-state index contributed by atoms with van der Waals surface area (Å²) in [7, 11) is 1.76. The molecule has 0 unspecified atom stereocenters. The van der Waals surface area contributed by atoms with Crippen LogP contribution in [-0.2, 0) is 6.18 Å². The highest BCUT2D eigenvalue weighted by Gasteiger charge is 2.34. The molecule has 0 saturated heterocycles. The van der Waals surface area contributed by atoms with Crippen LogP contribution in [0.25, 0.3) is 0 Å². The molecule has 0 amide bonds. The second kappa shape index (κ2) is 5.82. The number of nitrogens with zero attached hydrogens (tertiary/aromatic N) is 3. The molecule has 112 valence electrons. The maximum Gasteiger partial charge on any atom is 0.433 e. The lowest BCUT2D eigenvalue weighted by molar-refractivity contribution is -0.141. The third kappa shape index (κ3) is 3.30. The highest BCUT2D eigenvalue weighted by atomic mass is 19.4. The maximum atomic E-state index is 12.8. The summed E-state index contributed by atoms with van der Waals surface area (Å²) in [5, 5.41) is 0. The number of hydrogen-bond donors (Lipinski definition) is 2. The average Bonchev–Trinajstić information content (AvgIpc) is 2.46. The van der Waals surface area contributed by atoms with Crippen molar-refractivity contribution in [2.75, 3.05) is 17.4 Å². The molecule has 1 aliphatic carbocycles. The van der Waals surface area contributed by atoms with Crippen LogP contribution in [0, 0.1) is 0 Å². The van der Waals surface area contributed by atoms with Gasteiger partial charge in [0.15, 0.2) is 5.69 Å². The van der Waals surface area contributed by atoms with E-state index < -0.39 is 11.9 Å². The Morgan fingerprint density at radius 1 is 1.25 bits per heavy atom. The molecule has 0 aromatic carbocycles. The van der Waals surface area contributed by atoms with Crippen LogP contribution in [0.1, 0.15) is 37.8 Å². The van der Waals surface area contributed by atoms with Crippen LogP contribution in [0.15, 0.2) is 6.07 Å². The summed E-state index contributed by atoms with van der Waals surface area (Å²) in [4.78, 5) is 9.16. The van der Waals surface area contributed by atoms with Crippen molar-refractivity contribution in [1.82, 2.24) is 9.97 Å². The number of nitrogens with two attached hydrogens (primary N) is 1. The number of nitrogens with one attached hydrogen (secondary N) is 1. The van der Waals surface area contributed by atoms with Gasteiger partial charge < -0.3 is 4.90 Å². The van der Waals surface area contributed by atoms with Crippen LogP contribution in [0.5, 0.6) is 0 Å². The first-order valence-corrected chi connectivity index (χ1v) is 6.57. The molecule has 0 bridgehead atoms. The molecule has 0 atom stereocenters. The van der Waals surface area contributed by atoms with Crippen molar-refractivity contribution in [3.8, 4) is 0 Å². The van der Waals surface area contributed by atoms with E-state index in [9.17, 15) is 13.2 Å². The third-order valence-corrected chi connectivity index (χ3v) is 3.62. The first kappa shape index (κ1) is 14.8. The molecule has 5 nitrogen and oxygen atoms in total. The zero-order chi connectivity index (χ0) is 14.8. The van der Waals surface area contributed by atoms with E-state index in [1.807, 2.05) is 0 Å². The Hall–Kier alpha value is -1.57. The summed E-state index contributed by atoms with van der Waals surface area (Å²) in [6.07, 6.45) is 0.775. The number of nitrogen functional groups attached to an aromatic ring is 1. The lowest BCUT2D eigenvalue weighted by atomic mass is 9.94. The Balaban J connectivity index is 2.29. The van der Waals surface area contributed by atoms with Gasteiger partial charge in [-0.2, -0.15) is 18.2 Å². The highest BCUT2D eigenvalue weighted by molar-refractivity contribution is 5.45. The summed E-state index contributed by atoms with van der Waals surface area (Å²) in [5.41, 5.74) is 1.10. The second-order valence-electron chi connectivity index (χ2n) is 4.98. The van der Waals surface area contributed by atoms with Crippen LogP contribution in [0.2, 0.25) is 0 Å². The summed E-state index contributed by atoms with van der Waals surface area (Å²) in [6.45, 7) is 0. The Bertz CT molecular complexity index is 457. The summed E-state index contributed by atoms with van der Waals surface area (Å²) in [5.74, 6) is 5.17. The monoisotopic (exact) mass is 289 g/mol. The molecule has 1 aromatic rings. The minimum atomic E-state index is -4.52. The third-order valence-electron chi connectivity index (χ3n) is 3.62. The molecular weight excluding hydrogens is 271 g/mol. The van der Waals surface area contributed by atoms with E-state index in [2.05, 4.69) is 15.4 Å². The molecule has 1 heterocycles. The standard InChI is InChI=1S/C12H18F3N5/c1-20(8-5-3-2-4-6-8)10-7-9(12(13,14)15)17-11(18-10)19-16/h7-8H,2-6,16H2,1H3,(H,17,18,19). The normalized spacial score (nSPS) is 17.1. The van der Waals surface area contributed by atoms with Gasteiger partial charge >= 0.3 is 6.18 Å². The van der Waals surface area contributed by atoms with Gasteiger partial charge in [-0.25, -0.2) is 10.8 Å². The summed E-state index contributed by atoms with van der Waals surface area (Å²) in [6, 6.07) is 1.18. The van der Waals surface area contributed by atoms with Gasteiger partial charge in [0, 0.05) is 19.2 Å². The van der Waals surface area contributed by atoms with E-state index in [0.717, 1.165) is 31.7 Å². The summed E-state index contributed by atoms with van der Waals surface area (Å²) >= 11 is 0. The first-order chi connectivity index (χ1) is 9.41. The largest absolute Gasteiger partial charge is 0.433 e. The maximum absolute atomic E-state index is 12.8. The van der Waals surface area contributed by atoms with Crippen molar-refractivity contribution in [3.05, 3.63) is 11.8 Å². The number of aromatic nitrogens is 2. The Morgan fingerprint density at radius 2 is 1.90 bits per heavy atom. The fraction of sp³-hybridized carbons (Fsp3) is 0.667. The lowest BCUT2D eigenvalue weighted by Crippen LogP contribution is -2.34. The molecule has 0 aliphatic heterocycles. The molecule has 0 spiro atoms. The van der Waals surface area contributed by atoms with Crippen LogP contribution in [0.4, 0.5) is 24.9 Å². The second-order valence-corrected chi connectivity index (χ2v) is 4.98. The zero-order valence-electron chi connectivity index (χ0n) is 11.2. The van der Waals surface area contributed by atoms with Gasteiger partial charge in [-0.05, 0) is 12.8 Å². The Kier molecular flexibility index (Phi) is 4.32. The van der Waals surface area contributed by atoms with Crippen LogP contribution in [-0.4, -0.2) is 23.1 Å². The van der Waals surface area contributed by atoms with E-state index in [1.54, 1.807) is 11.9 Å². The van der Waals surface area contributed by atoms with Crippen molar-refractivity contribution in [3.63, 3.8) is 0 Å². The smallest absolute Gasteiger partial charge is 0.357 e. The van der Waals surface area contributed by atoms with E-state index in [1.165, 1.54) is 6.42 Å². The minimum Gasteiger partial charge on any atom is -0.357 e. The van der Waals surface area contributed by atoms with Gasteiger partial charge in [0.1, 0.15) is 5.82 Å². The molecule has 20 heavy (non-hydrogen) atoms. The number of halogens is 3. The van der Waals surface area contributed by atoms with Crippen molar-refractivity contribution in [1.29, 1.82) is 0 Å². The van der Waals surface area contributed by atoms with Gasteiger partial charge in [-0.1, -0.05) is 19.3 Å². The number of alkyl halides is 3. The molecule has 1 aliphatic rings. The summed E-state index contributed by atoms with van der Waals surface area (Å²) < 4.78 is 38.4. The quantitative estimate of drug-likeness (QED) is 0.661. The topological polar surface area (TPSA) is 67.1 Å².